The van der Waals surface area contributed by atoms with Crippen molar-refractivity contribution in [3.05, 3.63) is 84.4 Å². The standard InChI is InChI=1S/C50H64N6O7/c1-9-44(58)54-21-19-32(29-54)28-53(7)45(31(3)4)47(59)51-41-24-33-22-35(25-36(57)23-33)34-17-18-42-38(26-34)39(46(55(42)10-2)37-14-11-12-16-43(37)62-8)27-50(5,6)30-63-49(61)40-15-13-20-56(52-40)48(41)60/h9,11-12,14,16-18,22-23,25-26,31-32,40-41,45,52,57H,1,10,13,15,19-21,24,27-30H2,2-8H3,(H,51,59)/t32-,40+,41+,45+/m1/s1. The number of likely N-dealkylation sites (tertiary alicyclic amines) is 1. The molecule has 3 aromatic carbocycles. The Bertz CT molecular complexity index is 2370. The second-order valence-electron chi connectivity index (χ2n) is 18.7. The molecule has 3 aliphatic rings. The minimum Gasteiger partial charge on any atom is -0.508 e. The first-order chi connectivity index (χ1) is 30.1. The number of fused-ring (bicyclic) bond motifs is 6. The lowest BCUT2D eigenvalue weighted by molar-refractivity contribution is -0.155. The second kappa shape index (κ2) is 19.0. The molecular formula is C50H64N6O7. The highest BCUT2D eigenvalue weighted by Crippen LogP contribution is 2.43. The number of amides is 3. The molecule has 4 aromatic rings. The summed E-state index contributed by atoms with van der Waals surface area (Å²) >= 11 is 0. The van der Waals surface area contributed by atoms with Crippen LogP contribution >= 0.6 is 0 Å². The summed E-state index contributed by atoms with van der Waals surface area (Å²) < 4.78 is 14.3. The molecule has 4 atom stereocenters. The van der Waals surface area contributed by atoms with Gasteiger partial charge in [0, 0.05) is 61.0 Å². The SMILES string of the molecule is C=CC(=O)N1CC[C@H](CN(C)[C@H](C(=O)N[C@H]2Cc3cc(O)cc(c3)-c3ccc4c(c3)c(c(-c3ccccc3OC)n4CC)CC(C)(C)COC(=O)[C@@H]3CCCN(N3)C2=O)C(C)C)C1. The van der Waals surface area contributed by atoms with Gasteiger partial charge < -0.3 is 29.4 Å². The Morgan fingerprint density at radius 1 is 1.08 bits per heavy atom. The number of hydrazine groups is 1. The molecular weight excluding hydrogens is 797 g/mol. The van der Waals surface area contributed by atoms with Gasteiger partial charge in [-0.15, -0.1) is 0 Å². The zero-order valence-corrected chi connectivity index (χ0v) is 37.9. The maximum absolute atomic E-state index is 14.7. The van der Waals surface area contributed by atoms with E-state index in [1.165, 1.54) is 11.1 Å². The van der Waals surface area contributed by atoms with Gasteiger partial charge in [-0.05, 0) is 116 Å². The normalized spacial score (nSPS) is 21.0. The number of methoxy groups -OCH3 is 1. The van der Waals surface area contributed by atoms with Crippen LogP contribution in [0.1, 0.15) is 65.0 Å². The van der Waals surface area contributed by atoms with Crippen LogP contribution in [0.4, 0.5) is 0 Å². The first-order valence-electron chi connectivity index (χ1n) is 22.4. The van der Waals surface area contributed by atoms with E-state index < -0.39 is 29.5 Å². The lowest BCUT2D eigenvalue weighted by atomic mass is 9.84. The van der Waals surface area contributed by atoms with Crippen LogP contribution in [-0.2, 0) is 43.3 Å². The number of phenolic OH excluding ortho intramolecular Hbond substituents is 1. The molecule has 2 fully saturated rings. The number of cyclic esters (lactones) is 1. The number of rotatable bonds is 10. The number of hydrogen-bond donors (Lipinski definition) is 3. The van der Waals surface area contributed by atoms with E-state index in [4.69, 9.17) is 9.47 Å². The van der Waals surface area contributed by atoms with E-state index in [9.17, 15) is 24.3 Å². The Morgan fingerprint density at radius 2 is 1.86 bits per heavy atom. The first kappa shape index (κ1) is 45.4. The number of para-hydroxylation sites is 1. The molecule has 3 amide bonds. The average Bonchev–Trinajstić information content (AvgIpc) is 3.85. The summed E-state index contributed by atoms with van der Waals surface area (Å²) in [4.78, 5) is 59.1. The van der Waals surface area contributed by atoms with Crippen LogP contribution in [0.15, 0.2) is 73.3 Å². The Morgan fingerprint density at radius 3 is 2.59 bits per heavy atom. The highest BCUT2D eigenvalue weighted by Gasteiger charge is 2.38. The Balaban J connectivity index is 1.29. The monoisotopic (exact) mass is 860 g/mol. The average molecular weight is 861 g/mol. The van der Waals surface area contributed by atoms with Gasteiger partial charge in [-0.1, -0.05) is 58.5 Å². The molecule has 336 valence electrons. The second-order valence-corrected chi connectivity index (χ2v) is 18.7. The Labute approximate surface area is 371 Å². The van der Waals surface area contributed by atoms with E-state index in [-0.39, 0.29) is 48.3 Å². The fraction of sp³-hybridized carbons (Fsp3) is 0.480. The number of benzene rings is 3. The summed E-state index contributed by atoms with van der Waals surface area (Å²) in [6.45, 7) is 16.9. The van der Waals surface area contributed by atoms with Crippen LogP contribution in [0.2, 0.25) is 0 Å². The van der Waals surface area contributed by atoms with Crippen molar-refractivity contribution in [2.45, 2.75) is 91.4 Å². The smallest absolute Gasteiger partial charge is 0.324 e. The molecule has 0 unspecified atom stereocenters. The van der Waals surface area contributed by atoms with Gasteiger partial charge in [0.2, 0.25) is 11.8 Å². The molecule has 13 heteroatoms. The van der Waals surface area contributed by atoms with Crippen LogP contribution < -0.4 is 15.5 Å². The van der Waals surface area contributed by atoms with E-state index in [0.717, 1.165) is 51.0 Å². The largest absolute Gasteiger partial charge is 0.508 e. The van der Waals surface area contributed by atoms with Gasteiger partial charge in [0.25, 0.3) is 5.91 Å². The summed E-state index contributed by atoms with van der Waals surface area (Å²) in [7, 11) is 3.59. The molecule has 1 aromatic heterocycles. The minimum atomic E-state index is -1.04. The van der Waals surface area contributed by atoms with E-state index in [0.29, 0.717) is 57.5 Å². The lowest BCUT2D eigenvalue weighted by Crippen LogP contribution is -2.62. The molecule has 0 radical (unpaired) electrons. The summed E-state index contributed by atoms with van der Waals surface area (Å²) in [6, 6.07) is 17.3. The predicted octanol–water partition coefficient (Wildman–Crippen LogP) is 6.35. The molecule has 63 heavy (non-hydrogen) atoms. The predicted molar refractivity (Wildman–Crippen MR) is 245 cm³/mol. The first-order valence-corrected chi connectivity index (χ1v) is 22.4. The molecule has 13 nitrogen and oxygen atoms in total. The van der Waals surface area contributed by atoms with Gasteiger partial charge in [0.15, 0.2) is 0 Å². The van der Waals surface area contributed by atoms with E-state index in [1.54, 1.807) is 24.1 Å². The highest BCUT2D eigenvalue weighted by molar-refractivity contribution is 5.96. The number of nitrogens with one attached hydrogen (secondary N) is 2. The van der Waals surface area contributed by atoms with E-state index in [1.807, 2.05) is 50.1 Å². The van der Waals surface area contributed by atoms with E-state index in [2.05, 4.69) is 66.9 Å². The number of carbonyl (C=O) groups is 4. The van der Waals surface area contributed by atoms with E-state index >= 15 is 0 Å². The summed E-state index contributed by atoms with van der Waals surface area (Å²) in [5, 5.41) is 16.9. The van der Waals surface area contributed by atoms with Crippen molar-refractivity contribution in [2.75, 3.05) is 46.9 Å². The lowest BCUT2D eigenvalue weighted by Gasteiger charge is -2.37. The maximum atomic E-state index is 14.7. The van der Waals surface area contributed by atoms with Gasteiger partial charge in [-0.3, -0.25) is 29.1 Å². The molecule has 2 saturated heterocycles. The summed E-state index contributed by atoms with van der Waals surface area (Å²) in [6.07, 6.45) is 3.86. The van der Waals surface area contributed by atoms with Crippen molar-refractivity contribution in [1.82, 2.24) is 30.1 Å². The highest BCUT2D eigenvalue weighted by atomic mass is 16.5. The molecule has 3 N–H and O–H groups in total. The fourth-order valence-electron chi connectivity index (χ4n) is 9.95. The Hall–Kier alpha value is -5.66. The van der Waals surface area contributed by atoms with Gasteiger partial charge >= 0.3 is 5.97 Å². The van der Waals surface area contributed by atoms with Gasteiger partial charge in [0.1, 0.15) is 23.6 Å². The third-order valence-corrected chi connectivity index (χ3v) is 12.9. The number of likely N-dealkylation sites (N-methyl/N-ethyl adjacent to an activating group) is 1. The van der Waals surface area contributed by atoms with Crippen molar-refractivity contribution in [3.63, 3.8) is 0 Å². The third kappa shape index (κ3) is 9.79. The van der Waals surface area contributed by atoms with Crippen molar-refractivity contribution < 1.29 is 33.8 Å². The van der Waals surface area contributed by atoms with Crippen LogP contribution in [0.25, 0.3) is 33.3 Å². The minimum absolute atomic E-state index is 0.0379. The number of carbonyl (C=O) groups excluding carboxylic acids is 4. The molecule has 4 heterocycles. The topological polar surface area (TPSA) is 146 Å². The number of esters is 1. The molecule has 3 aliphatic heterocycles. The zero-order chi connectivity index (χ0) is 45.2. The molecule has 0 saturated carbocycles. The number of hydrogen-bond acceptors (Lipinski definition) is 9. The number of aromatic hydroxyl groups is 1. The summed E-state index contributed by atoms with van der Waals surface area (Å²) in [5.74, 6) is -0.354. The van der Waals surface area contributed by atoms with Crippen molar-refractivity contribution in [3.8, 4) is 33.9 Å². The quantitative estimate of drug-likeness (QED) is 0.123. The van der Waals surface area contributed by atoms with Crippen molar-refractivity contribution >= 4 is 34.6 Å². The molecule has 0 aliphatic carbocycles. The number of aromatic nitrogens is 1. The number of nitrogens with zero attached hydrogens (tertiary/aromatic N) is 4. The van der Waals surface area contributed by atoms with Crippen LogP contribution in [0.5, 0.6) is 11.5 Å². The maximum Gasteiger partial charge on any atom is 0.324 e. The van der Waals surface area contributed by atoms with Gasteiger partial charge in [-0.2, -0.15) is 0 Å². The van der Waals surface area contributed by atoms with Crippen LogP contribution in [0.3, 0.4) is 0 Å². The number of aryl methyl sites for hydroxylation is 1. The zero-order valence-electron chi connectivity index (χ0n) is 37.9. The third-order valence-electron chi connectivity index (χ3n) is 12.9. The van der Waals surface area contributed by atoms with Crippen molar-refractivity contribution in [2.24, 2.45) is 17.3 Å². The summed E-state index contributed by atoms with van der Waals surface area (Å²) in [5.41, 5.74) is 9.10. The molecule has 7 rings (SSSR count). The van der Waals surface area contributed by atoms with Crippen LogP contribution in [-0.4, -0.2) is 113 Å². The number of phenols is 1. The van der Waals surface area contributed by atoms with Gasteiger partial charge in [-0.25, -0.2) is 5.43 Å². The number of ether oxygens (including phenoxy) is 2. The molecule has 6 bridgehead atoms. The van der Waals surface area contributed by atoms with Gasteiger partial charge in [0.05, 0.1) is 25.5 Å². The Kier molecular flexibility index (Phi) is 13.7. The fourth-order valence-corrected chi connectivity index (χ4v) is 9.95. The van der Waals surface area contributed by atoms with Crippen LogP contribution in [0, 0.1) is 17.3 Å². The van der Waals surface area contributed by atoms with Crippen molar-refractivity contribution in [1.29, 1.82) is 0 Å². The molecule has 0 spiro atoms.